The van der Waals surface area contributed by atoms with Crippen LogP contribution in [0.2, 0.25) is 0 Å². The molecule has 0 heterocycles. The molecular weight excluding hydrogens is 370 g/mol. The third kappa shape index (κ3) is 7.56. The van der Waals surface area contributed by atoms with Crippen LogP contribution >= 0.6 is 7.92 Å². The van der Waals surface area contributed by atoms with Crippen molar-refractivity contribution in [3.05, 3.63) is 90.5 Å². The summed E-state index contributed by atoms with van der Waals surface area (Å²) >= 11 is 0. The Labute approximate surface area is 159 Å². The van der Waals surface area contributed by atoms with Gasteiger partial charge in [-0.2, -0.15) is 0 Å². The predicted octanol–water partition coefficient (Wildman–Crippen LogP) is 5.43. The second kappa shape index (κ2) is 10.3. The summed E-state index contributed by atoms with van der Waals surface area (Å²) in [4.78, 5) is 0. The molecule has 0 radical (unpaired) electrons. The lowest BCUT2D eigenvalue weighted by molar-refractivity contribution is 0.368. The van der Waals surface area contributed by atoms with Crippen LogP contribution in [0.4, 0.5) is 17.3 Å². The first-order valence-corrected chi connectivity index (χ1v) is 10.3. The average molecular weight is 392 g/mol. The van der Waals surface area contributed by atoms with Crippen LogP contribution in [-0.2, 0) is 6.42 Å². The van der Waals surface area contributed by atoms with Crippen molar-refractivity contribution in [1.82, 2.24) is 0 Å². The number of aryl methyl sites for hydroxylation is 1. The van der Waals surface area contributed by atoms with E-state index < -0.39 is 15.2 Å². The molecular formula is C21H22BF4P. The molecule has 0 bridgehead atoms. The van der Waals surface area contributed by atoms with Gasteiger partial charge in [-0.25, -0.2) is 0 Å². The van der Waals surface area contributed by atoms with Crippen molar-refractivity contribution in [1.29, 1.82) is 0 Å². The van der Waals surface area contributed by atoms with E-state index >= 15 is 0 Å². The van der Waals surface area contributed by atoms with Crippen LogP contribution in [0.3, 0.4) is 0 Å². The highest BCUT2D eigenvalue weighted by molar-refractivity contribution is 7.79. The highest BCUT2D eigenvalue weighted by Crippen LogP contribution is 2.32. The monoisotopic (exact) mass is 392 g/mol. The summed E-state index contributed by atoms with van der Waals surface area (Å²) in [5.74, 6) is 0. The molecule has 0 aliphatic rings. The van der Waals surface area contributed by atoms with E-state index in [4.69, 9.17) is 0 Å². The summed E-state index contributed by atoms with van der Waals surface area (Å²) in [6.07, 6.45) is 2.37. The molecule has 3 aromatic rings. The normalized spacial score (nSPS) is 11.0. The van der Waals surface area contributed by atoms with Crippen molar-refractivity contribution in [2.75, 3.05) is 0 Å². The molecule has 6 heteroatoms. The van der Waals surface area contributed by atoms with Crippen LogP contribution in [0.5, 0.6) is 0 Å². The Morgan fingerprint density at radius 1 is 0.630 bits per heavy atom. The van der Waals surface area contributed by atoms with Crippen LogP contribution in [0.1, 0.15) is 18.9 Å². The summed E-state index contributed by atoms with van der Waals surface area (Å²) in [6, 6.07) is 31.1. The maximum atomic E-state index is 9.75. The van der Waals surface area contributed by atoms with Crippen molar-refractivity contribution in [3.63, 3.8) is 0 Å². The summed E-state index contributed by atoms with van der Waals surface area (Å²) in [5.41, 5.74) is 1.44. The lowest BCUT2D eigenvalue weighted by Gasteiger charge is -2.11. The van der Waals surface area contributed by atoms with E-state index in [9.17, 15) is 17.3 Å². The van der Waals surface area contributed by atoms with Gasteiger partial charge in [0.2, 0.25) is 0 Å². The predicted molar refractivity (Wildman–Crippen MR) is 111 cm³/mol. The molecule has 3 rings (SSSR count). The first-order chi connectivity index (χ1) is 12.9. The van der Waals surface area contributed by atoms with Gasteiger partial charge in [0.1, 0.15) is 15.9 Å². The summed E-state index contributed by atoms with van der Waals surface area (Å²) < 4.78 is 39.0. The van der Waals surface area contributed by atoms with Crippen molar-refractivity contribution in [3.8, 4) is 0 Å². The fourth-order valence-corrected chi connectivity index (χ4v) is 5.39. The van der Waals surface area contributed by atoms with E-state index in [1.165, 1.54) is 34.3 Å². The SMILES string of the molecule is CCCc1ccc([PH+](c2ccccc2)c2ccccc2)cc1.F[B-](F)(F)F. The quantitative estimate of drug-likeness (QED) is 0.309. The minimum atomic E-state index is -6.00. The van der Waals surface area contributed by atoms with Gasteiger partial charge in [-0.3, -0.25) is 0 Å². The summed E-state index contributed by atoms with van der Waals surface area (Å²) in [6.45, 7) is 2.23. The number of rotatable bonds is 5. The van der Waals surface area contributed by atoms with Crippen LogP contribution < -0.4 is 15.9 Å². The fraction of sp³-hybridized carbons (Fsp3) is 0.143. The molecule has 27 heavy (non-hydrogen) atoms. The fourth-order valence-electron chi connectivity index (χ4n) is 2.84. The molecule has 0 amide bonds. The van der Waals surface area contributed by atoms with Crippen LogP contribution in [-0.4, -0.2) is 7.25 Å². The molecule has 142 valence electrons. The van der Waals surface area contributed by atoms with Gasteiger partial charge in [0.25, 0.3) is 0 Å². The van der Waals surface area contributed by atoms with Gasteiger partial charge < -0.3 is 17.3 Å². The van der Waals surface area contributed by atoms with Crippen LogP contribution in [0.15, 0.2) is 84.9 Å². The number of halogens is 4. The first-order valence-electron chi connectivity index (χ1n) is 8.83. The minimum Gasteiger partial charge on any atom is -0.418 e. The average Bonchev–Trinajstić information content (AvgIpc) is 2.64. The van der Waals surface area contributed by atoms with E-state index in [0.29, 0.717) is 0 Å². The Morgan fingerprint density at radius 2 is 1.00 bits per heavy atom. The molecule has 0 atom stereocenters. The van der Waals surface area contributed by atoms with E-state index in [1.807, 2.05) is 0 Å². The molecule has 0 aliphatic carbocycles. The number of benzene rings is 3. The molecule has 0 fully saturated rings. The smallest absolute Gasteiger partial charge is 0.418 e. The molecule has 0 aliphatic heterocycles. The van der Waals surface area contributed by atoms with Gasteiger partial charge in [-0.15, -0.1) is 0 Å². The summed E-state index contributed by atoms with van der Waals surface area (Å²) in [7, 11) is -6.91. The maximum absolute atomic E-state index is 9.75. The van der Waals surface area contributed by atoms with Crippen molar-refractivity contribution < 1.29 is 17.3 Å². The Kier molecular flexibility index (Phi) is 8.06. The van der Waals surface area contributed by atoms with Crippen molar-refractivity contribution in [2.45, 2.75) is 19.8 Å². The second-order valence-electron chi connectivity index (χ2n) is 6.05. The Balaban J connectivity index is 0.000000465. The van der Waals surface area contributed by atoms with Gasteiger partial charge in [0, 0.05) is 0 Å². The molecule has 0 unspecified atom stereocenters. The van der Waals surface area contributed by atoms with Gasteiger partial charge in [-0.05, 0) is 48.4 Å². The Bertz CT molecular complexity index is 744. The van der Waals surface area contributed by atoms with Crippen molar-refractivity contribution in [2.24, 2.45) is 0 Å². The van der Waals surface area contributed by atoms with E-state index in [0.717, 1.165) is 0 Å². The molecule has 0 saturated heterocycles. The zero-order valence-electron chi connectivity index (χ0n) is 15.1. The van der Waals surface area contributed by atoms with E-state index in [1.54, 1.807) is 0 Å². The Morgan fingerprint density at radius 3 is 1.37 bits per heavy atom. The van der Waals surface area contributed by atoms with Gasteiger partial charge in [0.05, 0.1) is 7.92 Å². The largest absolute Gasteiger partial charge is 0.673 e. The van der Waals surface area contributed by atoms with Gasteiger partial charge in [-0.1, -0.05) is 61.9 Å². The lowest BCUT2D eigenvalue weighted by Crippen LogP contribution is -2.20. The molecule has 0 nitrogen and oxygen atoms in total. The number of hydrogen-bond acceptors (Lipinski definition) is 0. The van der Waals surface area contributed by atoms with Gasteiger partial charge >= 0.3 is 7.25 Å². The second-order valence-corrected chi connectivity index (χ2v) is 8.53. The third-order valence-corrected chi connectivity index (χ3v) is 6.64. The molecule has 0 spiro atoms. The van der Waals surface area contributed by atoms with Crippen LogP contribution in [0, 0.1) is 0 Å². The van der Waals surface area contributed by atoms with Crippen molar-refractivity contribution >= 4 is 31.1 Å². The number of hydrogen-bond donors (Lipinski definition) is 0. The minimum absolute atomic E-state index is 0.908. The third-order valence-electron chi connectivity index (χ3n) is 3.91. The van der Waals surface area contributed by atoms with E-state index in [-0.39, 0.29) is 0 Å². The van der Waals surface area contributed by atoms with Crippen LogP contribution in [0.25, 0.3) is 0 Å². The Hall–Kier alpha value is -2.13. The molecule has 0 aromatic heterocycles. The lowest BCUT2D eigenvalue weighted by atomic mass is 10.1. The molecule has 0 N–H and O–H groups in total. The zero-order chi connectivity index (χ0) is 19.7. The zero-order valence-corrected chi connectivity index (χ0v) is 16.1. The molecule has 3 aromatic carbocycles. The molecule has 0 saturated carbocycles. The highest BCUT2D eigenvalue weighted by atomic mass is 31.1. The summed E-state index contributed by atoms with van der Waals surface area (Å²) in [5, 5.41) is 4.35. The highest BCUT2D eigenvalue weighted by Gasteiger charge is 2.24. The first kappa shape index (κ1) is 21.2. The van der Waals surface area contributed by atoms with E-state index in [2.05, 4.69) is 91.9 Å². The topological polar surface area (TPSA) is 0 Å². The standard InChI is InChI=1S/C21H21P.BF4/c1-2-9-18-14-16-21(17-15-18)22(19-10-5-3-6-11-19)20-12-7-4-8-13-20;2-1(3,4)5/h3-8,10-17H,2,9H2,1H3;/q;-1/p+1. The maximum Gasteiger partial charge on any atom is 0.673 e. The van der Waals surface area contributed by atoms with Gasteiger partial charge in [0.15, 0.2) is 0 Å².